The van der Waals surface area contributed by atoms with Crippen molar-refractivity contribution in [2.24, 2.45) is 5.73 Å². The number of hydrogen-bond acceptors (Lipinski definition) is 3. The number of hydrogen-bond donors (Lipinski definition) is 1. The lowest BCUT2D eigenvalue weighted by atomic mass is 10.2. The third-order valence-corrected chi connectivity index (χ3v) is 3.58. The van der Waals surface area contributed by atoms with Gasteiger partial charge in [0, 0.05) is 6.07 Å². The van der Waals surface area contributed by atoms with Crippen LogP contribution in [0.15, 0.2) is 42.5 Å². The average molecular weight is 299 g/mol. The Morgan fingerprint density at radius 3 is 2.68 bits per heavy atom. The standard InChI is InChI=1S/C17H18FN3O/c1-12-2-5-14(6-3-12)22-9-8-21-16-7-4-13(18)10-15(16)20-17(21)11-19/h2-7,10H,8-9,11,19H2,1H3. The Bertz CT molecular complexity index is 780. The first-order valence-corrected chi connectivity index (χ1v) is 7.21. The van der Waals surface area contributed by atoms with E-state index in [2.05, 4.69) is 4.98 Å². The Hall–Kier alpha value is -2.40. The summed E-state index contributed by atoms with van der Waals surface area (Å²) >= 11 is 0. The predicted molar refractivity (Wildman–Crippen MR) is 84.3 cm³/mol. The van der Waals surface area contributed by atoms with Crippen molar-refractivity contribution >= 4 is 11.0 Å². The molecule has 1 heterocycles. The molecule has 3 rings (SSSR count). The Balaban J connectivity index is 1.76. The van der Waals surface area contributed by atoms with E-state index in [4.69, 9.17) is 10.5 Å². The van der Waals surface area contributed by atoms with E-state index in [0.717, 1.165) is 17.1 Å². The molecule has 0 bridgehead atoms. The zero-order valence-corrected chi connectivity index (χ0v) is 12.4. The van der Waals surface area contributed by atoms with Crippen molar-refractivity contribution < 1.29 is 9.13 Å². The maximum absolute atomic E-state index is 13.3. The highest BCUT2D eigenvalue weighted by atomic mass is 19.1. The van der Waals surface area contributed by atoms with Gasteiger partial charge in [-0.2, -0.15) is 0 Å². The van der Waals surface area contributed by atoms with E-state index in [0.29, 0.717) is 25.2 Å². The van der Waals surface area contributed by atoms with Crippen LogP contribution in [0.5, 0.6) is 5.75 Å². The zero-order valence-electron chi connectivity index (χ0n) is 12.4. The van der Waals surface area contributed by atoms with Crippen LogP contribution in [0.4, 0.5) is 4.39 Å². The molecule has 0 radical (unpaired) electrons. The van der Waals surface area contributed by atoms with Crippen molar-refractivity contribution in [1.82, 2.24) is 9.55 Å². The molecule has 0 unspecified atom stereocenters. The number of nitrogens with two attached hydrogens (primary N) is 1. The van der Waals surface area contributed by atoms with Crippen molar-refractivity contribution in [3.63, 3.8) is 0 Å². The lowest BCUT2D eigenvalue weighted by molar-refractivity contribution is 0.298. The summed E-state index contributed by atoms with van der Waals surface area (Å²) in [6, 6.07) is 12.5. The molecule has 0 saturated carbocycles. The van der Waals surface area contributed by atoms with Gasteiger partial charge < -0.3 is 15.0 Å². The van der Waals surface area contributed by atoms with Crippen LogP contribution in [0, 0.1) is 12.7 Å². The molecule has 0 spiro atoms. The summed E-state index contributed by atoms with van der Waals surface area (Å²) in [6.07, 6.45) is 0. The molecule has 114 valence electrons. The van der Waals surface area contributed by atoms with Crippen LogP contribution in [-0.4, -0.2) is 16.2 Å². The molecule has 2 N–H and O–H groups in total. The summed E-state index contributed by atoms with van der Waals surface area (Å²) in [7, 11) is 0. The summed E-state index contributed by atoms with van der Waals surface area (Å²) in [5.74, 6) is 1.26. The topological polar surface area (TPSA) is 53.1 Å². The summed E-state index contributed by atoms with van der Waals surface area (Å²) in [6.45, 7) is 3.45. The predicted octanol–water partition coefficient (Wildman–Crippen LogP) is 3.02. The molecule has 0 saturated heterocycles. The number of benzene rings is 2. The van der Waals surface area contributed by atoms with Gasteiger partial charge in [-0.15, -0.1) is 0 Å². The van der Waals surface area contributed by atoms with Gasteiger partial charge in [0.05, 0.1) is 24.1 Å². The maximum atomic E-state index is 13.3. The molecular formula is C17H18FN3O. The maximum Gasteiger partial charge on any atom is 0.125 e. The zero-order chi connectivity index (χ0) is 15.5. The van der Waals surface area contributed by atoms with E-state index in [1.807, 2.05) is 35.8 Å². The fourth-order valence-corrected chi connectivity index (χ4v) is 2.45. The van der Waals surface area contributed by atoms with Crippen LogP contribution in [0.25, 0.3) is 11.0 Å². The smallest absolute Gasteiger partial charge is 0.125 e. The number of imidazole rings is 1. The Labute approximate surface area is 128 Å². The van der Waals surface area contributed by atoms with Gasteiger partial charge in [0.1, 0.15) is 24.0 Å². The van der Waals surface area contributed by atoms with Gasteiger partial charge in [-0.25, -0.2) is 9.37 Å². The van der Waals surface area contributed by atoms with Crippen molar-refractivity contribution in [2.45, 2.75) is 20.0 Å². The lowest BCUT2D eigenvalue weighted by Gasteiger charge is -2.10. The van der Waals surface area contributed by atoms with E-state index in [1.165, 1.54) is 17.7 Å². The van der Waals surface area contributed by atoms with Crippen LogP contribution in [-0.2, 0) is 13.1 Å². The van der Waals surface area contributed by atoms with Crippen LogP contribution < -0.4 is 10.5 Å². The number of aryl methyl sites for hydroxylation is 1. The normalized spacial score (nSPS) is 11.0. The highest BCUT2D eigenvalue weighted by Crippen LogP contribution is 2.18. The lowest BCUT2D eigenvalue weighted by Crippen LogP contribution is -2.13. The van der Waals surface area contributed by atoms with Crippen molar-refractivity contribution in [3.8, 4) is 5.75 Å². The average Bonchev–Trinajstić information content (AvgIpc) is 2.86. The molecule has 22 heavy (non-hydrogen) atoms. The molecule has 0 aliphatic carbocycles. The number of ether oxygens (including phenoxy) is 1. The van der Waals surface area contributed by atoms with Gasteiger partial charge in [-0.1, -0.05) is 17.7 Å². The van der Waals surface area contributed by atoms with Crippen LogP contribution in [0.2, 0.25) is 0 Å². The first kappa shape index (κ1) is 14.5. The van der Waals surface area contributed by atoms with Gasteiger partial charge in [-0.05, 0) is 31.2 Å². The fraction of sp³-hybridized carbons (Fsp3) is 0.235. The van der Waals surface area contributed by atoms with Crippen LogP contribution in [0.1, 0.15) is 11.4 Å². The summed E-state index contributed by atoms with van der Waals surface area (Å²) in [5.41, 5.74) is 8.42. The van der Waals surface area contributed by atoms with E-state index >= 15 is 0 Å². The molecule has 0 fully saturated rings. The minimum Gasteiger partial charge on any atom is -0.492 e. The molecule has 5 heteroatoms. The number of halogens is 1. The minimum absolute atomic E-state index is 0.295. The molecule has 4 nitrogen and oxygen atoms in total. The van der Waals surface area contributed by atoms with Gasteiger partial charge in [0.15, 0.2) is 0 Å². The molecule has 0 aliphatic heterocycles. The molecule has 3 aromatic rings. The first-order chi connectivity index (χ1) is 10.7. The Kier molecular flexibility index (Phi) is 4.06. The van der Waals surface area contributed by atoms with Gasteiger partial charge >= 0.3 is 0 Å². The van der Waals surface area contributed by atoms with Gasteiger partial charge in [0.2, 0.25) is 0 Å². The van der Waals surface area contributed by atoms with Crippen molar-refractivity contribution in [3.05, 3.63) is 59.7 Å². The fourth-order valence-electron chi connectivity index (χ4n) is 2.45. The molecule has 0 amide bonds. The highest BCUT2D eigenvalue weighted by molar-refractivity contribution is 5.76. The van der Waals surface area contributed by atoms with E-state index < -0.39 is 0 Å². The number of aromatic nitrogens is 2. The summed E-state index contributed by atoms with van der Waals surface area (Å²) in [5, 5.41) is 0. The second kappa shape index (κ2) is 6.15. The van der Waals surface area contributed by atoms with Crippen LogP contribution >= 0.6 is 0 Å². The summed E-state index contributed by atoms with van der Waals surface area (Å²) < 4.78 is 21.0. The molecule has 0 aliphatic rings. The van der Waals surface area contributed by atoms with Gasteiger partial charge in [-0.3, -0.25) is 0 Å². The molecular weight excluding hydrogens is 281 g/mol. The van der Waals surface area contributed by atoms with E-state index in [-0.39, 0.29) is 5.82 Å². The van der Waals surface area contributed by atoms with Crippen molar-refractivity contribution in [1.29, 1.82) is 0 Å². The Morgan fingerprint density at radius 1 is 1.18 bits per heavy atom. The first-order valence-electron chi connectivity index (χ1n) is 7.21. The SMILES string of the molecule is Cc1ccc(OCCn2c(CN)nc3cc(F)ccc32)cc1. The number of rotatable bonds is 5. The van der Waals surface area contributed by atoms with Crippen molar-refractivity contribution in [2.75, 3.05) is 6.61 Å². The highest BCUT2D eigenvalue weighted by Gasteiger charge is 2.10. The second-order valence-corrected chi connectivity index (χ2v) is 5.18. The molecule has 2 aromatic carbocycles. The monoisotopic (exact) mass is 299 g/mol. The third-order valence-electron chi connectivity index (χ3n) is 3.58. The number of fused-ring (bicyclic) bond motifs is 1. The van der Waals surface area contributed by atoms with Crippen LogP contribution in [0.3, 0.4) is 0 Å². The second-order valence-electron chi connectivity index (χ2n) is 5.18. The molecule has 1 aromatic heterocycles. The Morgan fingerprint density at radius 2 is 1.95 bits per heavy atom. The number of nitrogens with zero attached hydrogens (tertiary/aromatic N) is 2. The minimum atomic E-state index is -0.295. The molecule has 0 atom stereocenters. The summed E-state index contributed by atoms with van der Waals surface area (Å²) in [4.78, 5) is 4.37. The third kappa shape index (κ3) is 2.94. The largest absolute Gasteiger partial charge is 0.492 e. The van der Waals surface area contributed by atoms with E-state index in [9.17, 15) is 4.39 Å². The van der Waals surface area contributed by atoms with E-state index in [1.54, 1.807) is 6.07 Å². The quantitative estimate of drug-likeness (QED) is 0.788. The van der Waals surface area contributed by atoms with Gasteiger partial charge in [0.25, 0.3) is 0 Å².